The van der Waals surface area contributed by atoms with Crippen LogP contribution >= 0.6 is 0 Å². The highest BCUT2D eigenvalue weighted by Gasteiger charge is 2.50. The zero-order chi connectivity index (χ0) is 23.2. The summed E-state index contributed by atoms with van der Waals surface area (Å²) >= 11 is 0. The Hall–Kier alpha value is -3.35. The van der Waals surface area contributed by atoms with Crippen LogP contribution in [0.3, 0.4) is 0 Å². The number of fused-ring (bicyclic) bond motifs is 4. The van der Waals surface area contributed by atoms with Crippen molar-refractivity contribution in [1.29, 1.82) is 0 Å². The largest absolute Gasteiger partial charge is 0.443 e. The van der Waals surface area contributed by atoms with Crippen molar-refractivity contribution in [3.05, 3.63) is 65.2 Å². The predicted octanol–water partition coefficient (Wildman–Crippen LogP) is 3.47. The predicted molar refractivity (Wildman–Crippen MR) is 126 cm³/mol. The van der Waals surface area contributed by atoms with Crippen molar-refractivity contribution in [3.63, 3.8) is 0 Å². The number of carbonyl (C=O) groups is 3. The first-order chi connectivity index (χ1) is 16.6. The van der Waals surface area contributed by atoms with Gasteiger partial charge in [0, 0.05) is 50.6 Å². The smallest absolute Gasteiger partial charge is 0.411 e. The van der Waals surface area contributed by atoms with Crippen LogP contribution in [0.1, 0.15) is 48.4 Å². The normalized spacial score (nSPS) is 23.5. The lowest BCUT2D eigenvalue weighted by Crippen LogP contribution is -2.48. The second-order valence-electron chi connectivity index (χ2n) is 9.71. The fourth-order valence-electron chi connectivity index (χ4n) is 6.15. The van der Waals surface area contributed by atoms with Gasteiger partial charge in [-0.2, -0.15) is 0 Å². The molecule has 0 radical (unpaired) electrons. The number of nitrogens with zero attached hydrogens (tertiary/aromatic N) is 3. The van der Waals surface area contributed by atoms with E-state index in [1.54, 1.807) is 0 Å². The minimum Gasteiger partial charge on any atom is -0.443 e. The second kappa shape index (κ2) is 8.46. The van der Waals surface area contributed by atoms with E-state index in [1.165, 1.54) is 16.7 Å². The Labute approximate surface area is 199 Å². The number of amides is 3. The number of hydrogen-bond acceptors (Lipinski definition) is 4. The summed E-state index contributed by atoms with van der Waals surface area (Å²) in [5.74, 6) is 0.0336. The lowest BCUT2D eigenvalue weighted by molar-refractivity contribution is -0.134. The summed E-state index contributed by atoms with van der Waals surface area (Å²) in [6.45, 7) is 1.90. The van der Waals surface area contributed by atoms with E-state index in [2.05, 4.69) is 18.2 Å². The van der Waals surface area contributed by atoms with Crippen molar-refractivity contribution in [2.24, 2.45) is 0 Å². The van der Waals surface area contributed by atoms with E-state index in [9.17, 15) is 14.4 Å². The lowest BCUT2D eigenvalue weighted by Gasteiger charge is -2.38. The zero-order valence-corrected chi connectivity index (χ0v) is 19.2. The van der Waals surface area contributed by atoms with Crippen LogP contribution in [0.5, 0.6) is 0 Å². The number of benzene rings is 2. The Kier molecular flexibility index (Phi) is 5.27. The first-order valence-electron chi connectivity index (χ1n) is 12.3. The van der Waals surface area contributed by atoms with E-state index in [0.29, 0.717) is 19.6 Å². The van der Waals surface area contributed by atoms with E-state index >= 15 is 0 Å². The Morgan fingerprint density at radius 1 is 0.882 bits per heavy atom. The van der Waals surface area contributed by atoms with Gasteiger partial charge >= 0.3 is 6.09 Å². The van der Waals surface area contributed by atoms with Crippen molar-refractivity contribution in [1.82, 2.24) is 9.80 Å². The van der Waals surface area contributed by atoms with Crippen LogP contribution in [0.2, 0.25) is 0 Å². The van der Waals surface area contributed by atoms with Crippen LogP contribution < -0.4 is 4.90 Å². The minimum atomic E-state index is -0.231. The molecule has 7 heteroatoms. The molecule has 0 N–H and O–H groups in total. The van der Waals surface area contributed by atoms with Gasteiger partial charge in [-0.15, -0.1) is 0 Å². The number of ether oxygens (including phenoxy) is 1. The van der Waals surface area contributed by atoms with Crippen LogP contribution in [0.25, 0.3) is 0 Å². The molecule has 7 nitrogen and oxygen atoms in total. The van der Waals surface area contributed by atoms with Gasteiger partial charge in [0.25, 0.3) is 0 Å². The van der Waals surface area contributed by atoms with Crippen molar-refractivity contribution >= 4 is 23.6 Å². The number of para-hydroxylation sites is 1. The topological polar surface area (TPSA) is 70.2 Å². The van der Waals surface area contributed by atoms with Crippen LogP contribution in [-0.4, -0.2) is 59.5 Å². The zero-order valence-electron chi connectivity index (χ0n) is 19.2. The molecular weight excluding hydrogens is 430 g/mol. The summed E-state index contributed by atoms with van der Waals surface area (Å²) in [5, 5.41) is 0. The Bertz CT molecular complexity index is 1140. The molecule has 4 aliphatic rings. The van der Waals surface area contributed by atoms with E-state index in [1.807, 2.05) is 45.0 Å². The van der Waals surface area contributed by atoms with Crippen molar-refractivity contribution in [3.8, 4) is 0 Å². The molecule has 2 fully saturated rings. The van der Waals surface area contributed by atoms with Crippen molar-refractivity contribution in [2.75, 3.05) is 24.5 Å². The first-order valence-corrected chi connectivity index (χ1v) is 12.3. The maximum Gasteiger partial charge on any atom is 0.411 e. The van der Waals surface area contributed by atoms with Gasteiger partial charge in [-0.25, -0.2) is 4.79 Å². The number of anilines is 1. The SMILES string of the molecule is O=C(CCC(=O)N1CCc2ccccc21)N1CCC(N2C(=O)O[C@H]3Cc4ccccc4[C@H]32)CC1. The molecule has 2 aromatic rings. The molecule has 0 bridgehead atoms. The third-order valence-electron chi connectivity index (χ3n) is 7.86. The molecule has 6 rings (SSSR count). The van der Waals surface area contributed by atoms with E-state index in [4.69, 9.17) is 4.74 Å². The number of likely N-dealkylation sites (tertiary alicyclic amines) is 1. The number of carbonyl (C=O) groups excluding carboxylic acids is 3. The Morgan fingerprint density at radius 3 is 2.41 bits per heavy atom. The molecule has 3 amide bonds. The highest BCUT2D eigenvalue weighted by atomic mass is 16.6. The fraction of sp³-hybridized carbons (Fsp3) is 0.444. The summed E-state index contributed by atoms with van der Waals surface area (Å²) in [6.07, 6.45) is 3.24. The Morgan fingerprint density at radius 2 is 1.59 bits per heavy atom. The molecule has 2 aromatic carbocycles. The van der Waals surface area contributed by atoms with Gasteiger partial charge in [0.15, 0.2) is 0 Å². The van der Waals surface area contributed by atoms with Crippen molar-refractivity contribution in [2.45, 2.75) is 56.7 Å². The molecule has 2 saturated heterocycles. The average molecular weight is 460 g/mol. The molecule has 2 atom stereocenters. The molecule has 3 aliphatic heterocycles. The molecule has 0 spiro atoms. The second-order valence-corrected chi connectivity index (χ2v) is 9.71. The summed E-state index contributed by atoms with van der Waals surface area (Å²) in [7, 11) is 0. The summed E-state index contributed by atoms with van der Waals surface area (Å²) < 4.78 is 5.71. The maximum atomic E-state index is 12.9. The average Bonchev–Trinajstić information content (AvgIpc) is 3.53. The van der Waals surface area contributed by atoms with E-state index < -0.39 is 0 Å². The minimum absolute atomic E-state index is 0.0129. The summed E-state index contributed by atoms with van der Waals surface area (Å²) in [6, 6.07) is 16.3. The molecule has 176 valence electrons. The maximum absolute atomic E-state index is 12.9. The van der Waals surface area contributed by atoms with Gasteiger partial charge in [0.1, 0.15) is 6.10 Å². The van der Waals surface area contributed by atoms with Crippen LogP contribution in [0.15, 0.2) is 48.5 Å². The van der Waals surface area contributed by atoms with Gasteiger partial charge in [-0.05, 0) is 42.0 Å². The highest BCUT2D eigenvalue weighted by Crippen LogP contribution is 2.44. The number of piperidine rings is 1. The molecular formula is C27H29N3O4. The van der Waals surface area contributed by atoms with Gasteiger partial charge in [0.2, 0.25) is 11.8 Å². The van der Waals surface area contributed by atoms with Gasteiger partial charge in [-0.3, -0.25) is 14.5 Å². The standard InChI is InChI=1S/C27H29N3O4/c31-24(9-10-25(32)29-16-11-18-5-2-4-8-22(18)29)28-14-12-20(13-15-28)30-26-21-7-3-1-6-19(21)17-23(26)34-27(30)33/h1-8,20,23,26H,9-17H2/t23-,26+/m0/s1. The number of rotatable bonds is 4. The monoisotopic (exact) mass is 459 g/mol. The fourth-order valence-corrected chi connectivity index (χ4v) is 6.15. The molecule has 0 unspecified atom stereocenters. The molecule has 3 heterocycles. The molecule has 1 aliphatic carbocycles. The van der Waals surface area contributed by atoms with Crippen molar-refractivity contribution < 1.29 is 19.1 Å². The Balaban J connectivity index is 1.04. The van der Waals surface area contributed by atoms with Crippen LogP contribution in [-0.2, 0) is 27.2 Å². The third-order valence-corrected chi connectivity index (χ3v) is 7.86. The van der Waals surface area contributed by atoms with Crippen LogP contribution in [0.4, 0.5) is 10.5 Å². The van der Waals surface area contributed by atoms with Gasteiger partial charge in [0.05, 0.1) is 6.04 Å². The highest BCUT2D eigenvalue weighted by molar-refractivity contribution is 5.97. The molecule has 34 heavy (non-hydrogen) atoms. The van der Waals surface area contributed by atoms with E-state index in [-0.39, 0.29) is 48.9 Å². The molecule has 0 saturated carbocycles. The summed E-state index contributed by atoms with van der Waals surface area (Å²) in [4.78, 5) is 43.9. The van der Waals surface area contributed by atoms with E-state index in [0.717, 1.165) is 31.4 Å². The first kappa shape index (κ1) is 21.2. The quantitative estimate of drug-likeness (QED) is 0.702. The van der Waals surface area contributed by atoms with Crippen LogP contribution in [0, 0.1) is 0 Å². The summed E-state index contributed by atoms with van der Waals surface area (Å²) in [5.41, 5.74) is 4.62. The lowest BCUT2D eigenvalue weighted by atomic mass is 9.99. The van der Waals surface area contributed by atoms with Gasteiger partial charge < -0.3 is 14.5 Å². The third kappa shape index (κ3) is 3.54. The van der Waals surface area contributed by atoms with Gasteiger partial charge in [-0.1, -0.05) is 42.5 Å². The number of hydrogen-bond donors (Lipinski definition) is 0. The molecule has 0 aromatic heterocycles.